The van der Waals surface area contributed by atoms with Crippen molar-refractivity contribution in [1.29, 1.82) is 0 Å². The van der Waals surface area contributed by atoms with Crippen molar-refractivity contribution >= 4 is 28.4 Å². The largest absolute Gasteiger partial charge is 0.493 e. The first-order chi connectivity index (χ1) is 13.7. The Morgan fingerprint density at radius 3 is 2.93 bits per heavy atom. The molecule has 0 radical (unpaired) electrons. The Morgan fingerprint density at radius 2 is 2.18 bits per heavy atom. The van der Waals surface area contributed by atoms with E-state index in [1.54, 1.807) is 37.8 Å². The molecule has 1 aromatic carbocycles. The summed E-state index contributed by atoms with van der Waals surface area (Å²) in [5, 5.41) is 3.30. The average molecular weight is 399 g/mol. The van der Waals surface area contributed by atoms with Crippen molar-refractivity contribution in [2.45, 2.75) is 26.2 Å². The summed E-state index contributed by atoms with van der Waals surface area (Å²) in [5.41, 5.74) is 2.64. The fraction of sp³-hybridized carbons (Fsp3) is 0.286. The van der Waals surface area contributed by atoms with Crippen LogP contribution in [0.25, 0.3) is 11.3 Å². The van der Waals surface area contributed by atoms with E-state index in [0.29, 0.717) is 23.0 Å². The van der Waals surface area contributed by atoms with E-state index >= 15 is 0 Å². The van der Waals surface area contributed by atoms with Gasteiger partial charge in [0.15, 0.2) is 5.13 Å². The van der Waals surface area contributed by atoms with Gasteiger partial charge in [-0.3, -0.25) is 9.98 Å². The second kappa shape index (κ2) is 9.94. The van der Waals surface area contributed by atoms with Crippen LogP contribution in [0.5, 0.6) is 5.75 Å². The molecule has 0 saturated heterocycles. The quantitative estimate of drug-likeness (QED) is 0.371. The number of hydrogen-bond acceptors (Lipinski definition) is 6. The Balaban J connectivity index is 1.78. The molecule has 0 aliphatic carbocycles. The monoisotopic (exact) mass is 398 g/mol. The highest BCUT2D eigenvalue weighted by Gasteiger charge is 2.14. The van der Waals surface area contributed by atoms with Crippen LogP contribution in [0, 0.1) is 5.13 Å². The molecule has 3 rings (SSSR count). The van der Waals surface area contributed by atoms with Crippen LogP contribution in [-0.2, 0) is 0 Å². The summed E-state index contributed by atoms with van der Waals surface area (Å²) in [6, 6.07) is 9.27. The molecule has 146 valence electrons. The lowest BCUT2D eigenvalue weighted by Gasteiger charge is -2.11. The van der Waals surface area contributed by atoms with Gasteiger partial charge in [-0.1, -0.05) is 31.1 Å². The van der Waals surface area contributed by atoms with Crippen molar-refractivity contribution in [2.24, 2.45) is 4.99 Å². The van der Waals surface area contributed by atoms with Crippen molar-refractivity contribution in [3.8, 4) is 17.0 Å². The number of anilines is 2. The first-order valence-electron chi connectivity index (χ1n) is 9.24. The molecule has 2 heterocycles. The summed E-state index contributed by atoms with van der Waals surface area (Å²) in [6.07, 6.45) is 8.29. The molecule has 28 heavy (non-hydrogen) atoms. The van der Waals surface area contributed by atoms with Gasteiger partial charge in [0, 0.05) is 48.5 Å². The highest BCUT2D eigenvalue weighted by molar-refractivity contribution is 7.14. The van der Waals surface area contributed by atoms with Gasteiger partial charge in [0.2, 0.25) is 5.13 Å². The van der Waals surface area contributed by atoms with Crippen molar-refractivity contribution in [2.75, 3.05) is 19.0 Å². The highest BCUT2D eigenvalue weighted by atomic mass is 32.1. The van der Waals surface area contributed by atoms with Crippen LogP contribution in [0.1, 0.15) is 31.7 Å². The van der Waals surface area contributed by atoms with Crippen LogP contribution in [0.4, 0.5) is 15.2 Å². The lowest BCUT2D eigenvalue weighted by atomic mass is 10.2. The van der Waals surface area contributed by atoms with E-state index in [1.807, 2.05) is 18.2 Å². The molecule has 0 amide bonds. The number of ether oxygens (including phenoxy) is 1. The molecule has 0 aliphatic heterocycles. The normalized spacial score (nSPS) is 11.1. The summed E-state index contributed by atoms with van der Waals surface area (Å²) < 4.78 is 20.3. The van der Waals surface area contributed by atoms with Crippen LogP contribution in [-0.4, -0.2) is 29.8 Å². The number of aliphatic imine (C=N–C) groups is 1. The number of rotatable bonds is 9. The van der Waals surface area contributed by atoms with Gasteiger partial charge in [-0.15, -0.1) is 0 Å². The Bertz CT molecular complexity index is 927. The first-order valence-corrected chi connectivity index (χ1v) is 10.1. The second-order valence-corrected chi connectivity index (χ2v) is 7.15. The van der Waals surface area contributed by atoms with E-state index in [1.165, 1.54) is 0 Å². The summed E-state index contributed by atoms with van der Waals surface area (Å²) in [6.45, 7) is 2.81. The number of pyridine rings is 1. The number of nitrogens with zero attached hydrogens (tertiary/aromatic N) is 3. The van der Waals surface area contributed by atoms with E-state index in [2.05, 4.69) is 27.2 Å². The van der Waals surface area contributed by atoms with Crippen molar-refractivity contribution < 1.29 is 9.13 Å². The number of halogens is 1. The topological polar surface area (TPSA) is 59.4 Å². The molecule has 0 bridgehead atoms. The number of aromatic nitrogens is 2. The van der Waals surface area contributed by atoms with Crippen LogP contribution in [0.3, 0.4) is 0 Å². The lowest BCUT2D eigenvalue weighted by molar-refractivity contribution is 0.306. The van der Waals surface area contributed by atoms with E-state index in [-0.39, 0.29) is 5.13 Å². The van der Waals surface area contributed by atoms with Gasteiger partial charge in [-0.05, 0) is 30.7 Å². The Hall–Kier alpha value is -2.80. The van der Waals surface area contributed by atoms with Crippen molar-refractivity contribution in [3.63, 3.8) is 0 Å². The Morgan fingerprint density at radius 1 is 1.29 bits per heavy atom. The molecule has 0 fully saturated rings. The predicted molar refractivity (Wildman–Crippen MR) is 114 cm³/mol. The molecule has 0 spiro atoms. The number of hydrogen-bond donors (Lipinski definition) is 1. The molecule has 2 aromatic heterocycles. The van der Waals surface area contributed by atoms with E-state index in [0.717, 1.165) is 47.6 Å². The summed E-state index contributed by atoms with van der Waals surface area (Å²) in [5.74, 6) is 0.746. The van der Waals surface area contributed by atoms with Crippen LogP contribution < -0.4 is 10.1 Å². The minimum Gasteiger partial charge on any atom is -0.493 e. The molecule has 7 heteroatoms. The zero-order chi connectivity index (χ0) is 19.8. The van der Waals surface area contributed by atoms with Crippen LogP contribution >= 0.6 is 11.3 Å². The fourth-order valence-electron chi connectivity index (χ4n) is 2.68. The maximum absolute atomic E-state index is 14.3. The van der Waals surface area contributed by atoms with Gasteiger partial charge in [-0.25, -0.2) is 4.98 Å². The predicted octanol–water partition coefficient (Wildman–Crippen LogP) is 5.71. The second-order valence-electron chi connectivity index (χ2n) is 6.20. The summed E-state index contributed by atoms with van der Waals surface area (Å²) >= 11 is 0.965. The third-order valence-electron chi connectivity index (χ3n) is 4.06. The Labute approximate surface area is 168 Å². The number of unbranched alkanes of at least 4 members (excludes halogenated alkanes) is 2. The first kappa shape index (κ1) is 19.9. The molecular formula is C21H23FN4OS. The zero-order valence-corrected chi connectivity index (χ0v) is 16.8. The third kappa shape index (κ3) is 5.13. The zero-order valence-electron chi connectivity index (χ0n) is 16.0. The number of benzene rings is 1. The third-order valence-corrected chi connectivity index (χ3v) is 4.82. The maximum Gasteiger partial charge on any atom is 0.206 e. The lowest BCUT2D eigenvalue weighted by Crippen LogP contribution is -2.01. The van der Waals surface area contributed by atoms with Gasteiger partial charge >= 0.3 is 0 Å². The number of nitrogens with one attached hydrogen (secondary N) is 1. The standard InChI is InChI=1S/C21H23FN4OS/c1-3-4-5-11-27-18-12-17(9-8-15(18)13-23-2)25-21-26-19(20(22)28-21)16-7-6-10-24-14-16/h6-10,12-14H,3-5,11H2,1-2H3,(H,25,26). The molecular weight excluding hydrogens is 375 g/mol. The van der Waals surface area contributed by atoms with E-state index in [4.69, 9.17) is 4.74 Å². The molecule has 0 atom stereocenters. The van der Waals surface area contributed by atoms with Crippen LogP contribution in [0.15, 0.2) is 47.7 Å². The van der Waals surface area contributed by atoms with Gasteiger partial charge in [0.25, 0.3) is 0 Å². The summed E-state index contributed by atoms with van der Waals surface area (Å²) in [7, 11) is 1.73. The SMILES string of the molecule is CCCCCOc1cc(Nc2nc(-c3cccnc3)c(F)s2)ccc1C=NC. The highest BCUT2D eigenvalue weighted by Crippen LogP contribution is 2.32. The fourth-order valence-corrected chi connectivity index (χ4v) is 3.41. The minimum atomic E-state index is -0.346. The van der Waals surface area contributed by atoms with Gasteiger partial charge in [0.05, 0.1) is 6.61 Å². The average Bonchev–Trinajstić information content (AvgIpc) is 3.08. The van der Waals surface area contributed by atoms with Crippen molar-refractivity contribution in [3.05, 3.63) is 53.4 Å². The molecule has 3 aromatic rings. The molecule has 0 aliphatic rings. The Kier molecular flexibility index (Phi) is 7.08. The molecule has 0 saturated carbocycles. The maximum atomic E-state index is 14.3. The van der Waals surface area contributed by atoms with E-state index < -0.39 is 0 Å². The van der Waals surface area contributed by atoms with Gasteiger partial charge in [0.1, 0.15) is 11.4 Å². The molecule has 1 N–H and O–H groups in total. The minimum absolute atomic E-state index is 0.298. The molecule has 0 unspecified atom stereocenters. The molecule has 5 nitrogen and oxygen atoms in total. The summed E-state index contributed by atoms with van der Waals surface area (Å²) in [4.78, 5) is 12.5. The van der Waals surface area contributed by atoms with Gasteiger partial charge in [-0.2, -0.15) is 4.39 Å². The van der Waals surface area contributed by atoms with Crippen molar-refractivity contribution in [1.82, 2.24) is 9.97 Å². The van der Waals surface area contributed by atoms with Crippen LogP contribution in [0.2, 0.25) is 0 Å². The smallest absolute Gasteiger partial charge is 0.206 e. The van der Waals surface area contributed by atoms with Gasteiger partial charge < -0.3 is 10.1 Å². The van der Waals surface area contributed by atoms with E-state index in [9.17, 15) is 4.39 Å². The number of thiazole rings is 1.